The molecule has 148 valence electrons. The summed E-state index contributed by atoms with van der Waals surface area (Å²) in [6.45, 7) is 4.35. The van der Waals surface area contributed by atoms with Crippen LogP contribution in [-0.4, -0.2) is 47.7 Å². The molecule has 1 amide bonds. The van der Waals surface area contributed by atoms with E-state index in [2.05, 4.69) is 28.4 Å². The van der Waals surface area contributed by atoms with E-state index >= 15 is 0 Å². The van der Waals surface area contributed by atoms with Gasteiger partial charge in [-0.2, -0.15) is 0 Å². The standard InChI is InChI=1S/C22H31NO4/c1-4-5-8-11-18(2)20(24)15-13-19-14-16-21(25)23(19)17-10-7-6-9-12-22(26)27-3/h13,15,18-20,24H,4,6,9,11-12,14,16-17H2,1-3H3/t18-,19?,20+/m0/s1. The number of esters is 1. The number of nitrogens with zero attached hydrogens (tertiary/aromatic N) is 1. The van der Waals surface area contributed by atoms with Gasteiger partial charge in [-0.25, -0.2) is 0 Å². The number of hydrogen-bond acceptors (Lipinski definition) is 4. The zero-order valence-corrected chi connectivity index (χ0v) is 16.7. The van der Waals surface area contributed by atoms with Crippen molar-refractivity contribution in [2.45, 2.75) is 70.9 Å². The smallest absolute Gasteiger partial charge is 0.305 e. The minimum atomic E-state index is -0.571. The van der Waals surface area contributed by atoms with Crippen LogP contribution >= 0.6 is 0 Å². The van der Waals surface area contributed by atoms with Gasteiger partial charge in [-0.05, 0) is 18.8 Å². The molecule has 1 saturated heterocycles. The molecule has 1 fully saturated rings. The highest BCUT2D eigenvalue weighted by molar-refractivity contribution is 5.79. The summed E-state index contributed by atoms with van der Waals surface area (Å²) in [7, 11) is 1.37. The number of unbranched alkanes of at least 4 members (excludes halogenated alkanes) is 1. The molecular weight excluding hydrogens is 342 g/mol. The van der Waals surface area contributed by atoms with Crippen molar-refractivity contribution >= 4 is 11.9 Å². The van der Waals surface area contributed by atoms with Gasteiger partial charge in [0.15, 0.2) is 0 Å². The maximum Gasteiger partial charge on any atom is 0.305 e. The Bertz CT molecular complexity index is 632. The Morgan fingerprint density at radius 2 is 2.15 bits per heavy atom. The Labute approximate surface area is 163 Å². The maximum absolute atomic E-state index is 12.1. The minimum Gasteiger partial charge on any atom is -0.469 e. The third-order valence-corrected chi connectivity index (χ3v) is 4.50. The van der Waals surface area contributed by atoms with Gasteiger partial charge in [-0.1, -0.05) is 31.9 Å². The minimum absolute atomic E-state index is 0.0227. The Balaban J connectivity index is 2.48. The van der Waals surface area contributed by atoms with E-state index in [0.29, 0.717) is 38.6 Å². The molecule has 0 aromatic carbocycles. The second-order valence-electron chi connectivity index (χ2n) is 6.67. The Morgan fingerprint density at radius 1 is 1.37 bits per heavy atom. The van der Waals surface area contributed by atoms with Crippen molar-refractivity contribution in [1.82, 2.24) is 4.90 Å². The van der Waals surface area contributed by atoms with Crippen LogP contribution in [0.15, 0.2) is 12.2 Å². The molecule has 0 aromatic heterocycles. The fourth-order valence-electron chi connectivity index (χ4n) is 2.72. The summed E-state index contributed by atoms with van der Waals surface area (Å²) >= 11 is 0. The maximum atomic E-state index is 12.1. The molecule has 0 saturated carbocycles. The van der Waals surface area contributed by atoms with Crippen molar-refractivity contribution < 1.29 is 19.4 Å². The van der Waals surface area contributed by atoms with Gasteiger partial charge >= 0.3 is 5.97 Å². The van der Waals surface area contributed by atoms with Gasteiger partial charge in [0.25, 0.3) is 0 Å². The molecule has 1 N–H and O–H groups in total. The number of aliphatic hydroxyl groups excluding tert-OH is 1. The zero-order chi connectivity index (χ0) is 20.1. The summed E-state index contributed by atoms with van der Waals surface area (Å²) in [4.78, 5) is 24.8. The molecule has 3 atom stereocenters. The predicted octanol–water partition coefficient (Wildman–Crippen LogP) is 2.68. The Morgan fingerprint density at radius 3 is 2.85 bits per heavy atom. The van der Waals surface area contributed by atoms with Crippen LogP contribution in [0.4, 0.5) is 0 Å². The monoisotopic (exact) mass is 373 g/mol. The zero-order valence-electron chi connectivity index (χ0n) is 16.7. The Kier molecular flexibility index (Phi) is 11.0. The SMILES string of the molecule is CCC#CC[C@H](C)[C@H](O)C=CC1CCC(=O)N1CC#CCCCC(=O)OC. The molecule has 0 radical (unpaired) electrons. The number of methoxy groups -OCH3 is 1. The molecule has 27 heavy (non-hydrogen) atoms. The van der Waals surface area contributed by atoms with Crippen LogP contribution in [0, 0.1) is 29.6 Å². The van der Waals surface area contributed by atoms with E-state index in [9.17, 15) is 14.7 Å². The average molecular weight is 373 g/mol. The van der Waals surface area contributed by atoms with Crippen LogP contribution in [-0.2, 0) is 14.3 Å². The summed E-state index contributed by atoms with van der Waals surface area (Å²) in [6.07, 6.45) is 7.47. The predicted molar refractivity (Wildman–Crippen MR) is 105 cm³/mol. The molecule has 1 aliphatic heterocycles. The van der Waals surface area contributed by atoms with Gasteiger partial charge in [0.2, 0.25) is 5.91 Å². The molecule has 1 unspecified atom stereocenters. The summed E-state index contributed by atoms with van der Waals surface area (Å²) in [5, 5.41) is 10.2. The first-order valence-electron chi connectivity index (χ1n) is 9.63. The molecule has 1 heterocycles. The number of likely N-dealkylation sites (tertiary alicyclic amines) is 1. The topological polar surface area (TPSA) is 66.8 Å². The summed E-state index contributed by atoms with van der Waals surface area (Å²) in [5.41, 5.74) is 0. The third-order valence-electron chi connectivity index (χ3n) is 4.50. The largest absolute Gasteiger partial charge is 0.469 e. The van der Waals surface area contributed by atoms with Crippen LogP contribution in [0.2, 0.25) is 0 Å². The van der Waals surface area contributed by atoms with Gasteiger partial charge in [0, 0.05) is 32.1 Å². The molecule has 5 nitrogen and oxygen atoms in total. The van der Waals surface area contributed by atoms with Crippen LogP contribution in [0.3, 0.4) is 0 Å². The van der Waals surface area contributed by atoms with E-state index in [4.69, 9.17) is 0 Å². The number of rotatable bonds is 8. The number of ether oxygens (including phenoxy) is 1. The van der Waals surface area contributed by atoms with Gasteiger partial charge in [-0.15, -0.1) is 17.8 Å². The van der Waals surface area contributed by atoms with Crippen molar-refractivity contribution in [1.29, 1.82) is 0 Å². The molecule has 5 heteroatoms. The highest BCUT2D eigenvalue weighted by Gasteiger charge is 2.28. The summed E-state index contributed by atoms with van der Waals surface area (Å²) in [6, 6.07) is -0.0227. The summed E-state index contributed by atoms with van der Waals surface area (Å²) < 4.78 is 4.58. The van der Waals surface area contributed by atoms with Crippen molar-refractivity contribution in [3.05, 3.63) is 12.2 Å². The normalized spacial score (nSPS) is 18.4. The van der Waals surface area contributed by atoms with Crippen LogP contribution in [0.1, 0.15) is 58.8 Å². The van der Waals surface area contributed by atoms with Gasteiger partial charge in [0.05, 0.1) is 25.8 Å². The van der Waals surface area contributed by atoms with Crippen molar-refractivity contribution in [2.75, 3.05) is 13.7 Å². The molecule has 0 bridgehead atoms. The first-order valence-corrected chi connectivity index (χ1v) is 9.63. The first kappa shape index (κ1) is 22.8. The molecular formula is C22H31NO4. The molecule has 1 rings (SSSR count). The first-order chi connectivity index (χ1) is 13.0. The number of amides is 1. The lowest BCUT2D eigenvalue weighted by atomic mass is 10.00. The fraction of sp³-hybridized carbons (Fsp3) is 0.636. The fourth-order valence-corrected chi connectivity index (χ4v) is 2.72. The lowest BCUT2D eigenvalue weighted by Gasteiger charge is -2.20. The number of carbonyl (C=O) groups excluding carboxylic acids is 2. The Hall–Kier alpha value is -2.24. The lowest BCUT2D eigenvalue weighted by Crippen LogP contribution is -2.32. The third kappa shape index (κ3) is 8.80. The second kappa shape index (κ2) is 13.0. The highest BCUT2D eigenvalue weighted by atomic mass is 16.5. The summed E-state index contributed by atoms with van der Waals surface area (Å²) in [5.74, 6) is 12.0. The van der Waals surface area contributed by atoms with Crippen LogP contribution in [0.25, 0.3) is 0 Å². The van der Waals surface area contributed by atoms with Crippen molar-refractivity contribution in [3.63, 3.8) is 0 Å². The van der Waals surface area contributed by atoms with Gasteiger partial charge in [0.1, 0.15) is 0 Å². The lowest BCUT2D eigenvalue weighted by molar-refractivity contribution is -0.140. The van der Waals surface area contributed by atoms with E-state index in [1.54, 1.807) is 11.0 Å². The number of aliphatic hydroxyl groups is 1. The molecule has 0 aliphatic carbocycles. The van der Waals surface area contributed by atoms with Crippen molar-refractivity contribution in [3.8, 4) is 23.7 Å². The highest BCUT2D eigenvalue weighted by Crippen LogP contribution is 2.20. The molecule has 0 aromatic rings. The van der Waals surface area contributed by atoms with Crippen LogP contribution in [0.5, 0.6) is 0 Å². The van der Waals surface area contributed by atoms with E-state index < -0.39 is 6.10 Å². The number of carbonyl (C=O) groups is 2. The van der Waals surface area contributed by atoms with Gasteiger partial charge in [-0.3, -0.25) is 9.59 Å². The van der Waals surface area contributed by atoms with E-state index in [1.165, 1.54) is 7.11 Å². The molecule has 1 aliphatic rings. The van der Waals surface area contributed by atoms with Gasteiger partial charge < -0.3 is 14.7 Å². The van der Waals surface area contributed by atoms with E-state index in [1.807, 2.05) is 19.9 Å². The number of hydrogen-bond donors (Lipinski definition) is 1. The quantitative estimate of drug-likeness (QED) is 0.307. The van der Waals surface area contributed by atoms with E-state index in [0.717, 1.165) is 12.8 Å². The second-order valence-corrected chi connectivity index (χ2v) is 6.67. The molecule has 0 spiro atoms. The van der Waals surface area contributed by atoms with Crippen LogP contribution < -0.4 is 0 Å². The van der Waals surface area contributed by atoms with E-state index in [-0.39, 0.29) is 23.8 Å². The average Bonchev–Trinajstić information content (AvgIpc) is 3.02. The van der Waals surface area contributed by atoms with Crippen molar-refractivity contribution in [2.24, 2.45) is 5.92 Å².